The fraction of sp³-hybridized carbons (Fsp3) is 0.375. The van der Waals surface area contributed by atoms with Crippen LogP contribution in [0.5, 0.6) is 0 Å². The number of pyridine rings is 1. The van der Waals surface area contributed by atoms with Crippen molar-refractivity contribution in [3.63, 3.8) is 0 Å². The van der Waals surface area contributed by atoms with E-state index in [-0.39, 0.29) is 11.4 Å². The summed E-state index contributed by atoms with van der Waals surface area (Å²) in [5.74, 6) is -0.367. The number of fused-ring (bicyclic) bond motifs is 1. The van der Waals surface area contributed by atoms with E-state index in [0.29, 0.717) is 29.2 Å². The van der Waals surface area contributed by atoms with Crippen molar-refractivity contribution in [2.24, 2.45) is 0 Å². The summed E-state index contributed by atoms with van der Waals surface area (Å²) in [4.78, 5) is 15.7. The molecule has 1 N–H and O–H groups in total. The maximum absolute atomic E-state index is 13.9. The maximum atomic E-state index is 13.9. The second-order valence-corrected chi connectivity index (χ2v) is 8.25. The van der Waals surface area contributed by atoms with Crippen molar-refractivity contribution in [3.05, 3.63) is 80.9 Å². The summed E-state index contributed by atoms with van der Waals surface area (Å²) in [6.07, 6.45) is 1.01. The van der Waals surface area contributed by atoms with Gasteiger partial charge in [-0.15, -0.1) is 0 Å². The van der Waals surface area contributed by atoms with E-state index in [1.807, 2.05) is 24.3 Å². The van der Waals surface area contributed by atoms with Gasteiger partial charge >= 0.3 is 0 Å². The molecular weight excluding hydrogens is 417 g/mol. The minimum absolute atomic E-state index is 0.126. The molecule has 0 amide bonds. The molecule has 1 aliphatic rings. The fourth-order valence-electron chi connectivity index (χ4n) is 3.96. The third kappa shape index (κ3) is 5.52. The molecule has 1 aromatic heterocycles. The summed E-state index contributed by atoms with van der Waals surface area (Å²) < 4.78 is 20.9. The number of nitrogens with one attached hydrogen (secondary N) is 1. The molecule has 1 fully saturated rings. The highest BCUT2D eigenvalue weighted by molar-refractivity contribution is 6.31. The number of benzene rings is 2. The van der Waals surface area contributed by atoms with Crippen LogP contribution < -0.4 is 10.9 Å². The van der Waals surface area contributed by atoms with Crippen LogP contribution in [-0.4, -0.2) is 48.9 Å². The van der Waals surface area contributed by atoms with Crippen molar-refractivity contribution in [1.29, 1.82) is 0 Å². The van der Waals surface area contributed by atoms with E-state index in [4.69, 9.17) is 16.3 Å². The van der Waals surface area contributed by atoms with Crippen LogP contribution in [0.2, 0.25) is 5.02 Å². The van der Waals surface area contributed by atoms with Crippen LogP contribution in [0.3, 0.4) is 0 Å². The molecule has 7 heteroatoms. The molecule has 4 rings (SSSR count). The SMILES string of the molecule is O=c1c(CNCCCN2CCOCC2)cc2ccc(F)cc2n1Cc1ccccc1Cl. The number of hydrogen-bond donors (Lipinski definition) is 1. The smallest absolute Gasteiger partial charge is 0.255 e. The number of halogens is 2. The molecule has 0 bridgehead atoms. The van der Waals surface area contributed by atoms with Crippen molar-refractivity contribution in [3.8, 4) is 0 Å². The van der Waals surface area contributed by atoms with Gasteiger partial charge in [-0.25, -0.2) is 4.39 Å². The molecular formula is C24H27ClFN3O2. The first-order valence-corrected chi connectivity index (χ1v) is 11.1. The van der Waals surface area contributed by atoms with Crippen LogP contribution in [0, 0.1) is 5.82 Å². The molecule has 0 unspecified atom stereocenters. The molecule has 3 aromatic rings. The molecule has 0 aliphatic carbocycles. The Morgan fingerprint density at radius 1 is 1.06 bits per heavy atom. The van der Waals surface area contributed by atoms with Crippen molar-refractivity contribution in [2.75, 3.05) is 39.4 Å². The summed E-state index contributed by atoms with van der Waals surface area (Å²) in [6, 6.07) is 13.8. The zero-order chi connectivity index (χ0) is 21.6. The van der Waals surface area contributed by atoms with Crippen LogP contribution in [0.1, 0.15) is 17.5 Å². The summed E-state index contributed by atoms with van der Waals surface area (Å²) in [5.41, 5.74) is 1.93. The summed E-state index contributed by atoms with van der Waals surface area (Å²) >= 11 is 6.32. The van der Waals surface area contributed by atoms with E-state index in [2.05, 4.69) is 10.2 Å². The first-order valence-electron chi connectivity index (χ1n) is 10.7. The van der Waals surface area contributed by atoms with Crippen LogP contribution >= 0.6 is 11.6 Å². The van der Waals surface area contributed by atoms with Gasteiger partial charge in [0.25, 0.3) is 5.56 Å². The Morgan fingerprint density at radius 3 is 2.68 bits per heavy atom. The topological polar surface area (TPSA) is 46.5 Å². The van der Waals surface area contributed by atoms with E-state index >= 15 is 0 Å². The van der Waals surface area contributed by atoms with Crippen LogP contribution in [0.25, 0.3) is 10.9 Å². The predicted octanol–water partition coefficient (Wildman–Crippen LogP) is 3.65. The van der Waals surface area contributed by atoms with Gasteiger partial charge in [-0.05, 0) is 60.8 Å². The molecule has 164 valence electrons. The molecule has 2 heterocycles. The number of morpholine rings is 1. The lowest BCUT2D eigenvalue weighted by atomic mass is 10.1. The lowest BCUT2D eigenvalue weighted by Gasteiger charge is -2.26. The third-order valence-corrected chi connectivity index (χ3v) is 6.03. The monoisotopic (exact) mass is 443 g/mol. The molecule has 1 saturated heterocycles. The number of hydrogen-bond acceptors (Lipinski definition) is 4. The normalized spacial score (nSPS) is 14.9. The van der Waals surface area contributed by atoms with E-state index in [0.717, 1.165) is 56.8 Å². The Balaban J connectivity index is 1.50. The highest BCUT2D eigenvalue weighted by Crippen LogP contribution is 2.20. The first-order chi connectivity index (χ1) is 15.1. The molecule has 0 radical (unpaired) electrons. The van der Waals surface area contributed by atoms with Gasteiger partial charge in [-0.1, -0.05) is 29.8 Å². The largest absolute Gasteiger partial charge is 0.379 e. The van der Waals surface area contributed by atoms with Crippen molar-refractivity contribution >= 4 is 22.5 Å². The third-order valence-electron chi connectivity index (χ3n) is 5.67. The number of rotatable bonds is 8. The van der Waals surface area contributed by atoms with Gasteiger partial charge in [0.05, 0.1) is 25.3 Å². The maximum Gasteiger partial charge on any atom is 0.255 e. The van der Waals surface area contributed by atoms with Crippen LogP contribution in [0.4, 0.5) is 4.39 Å². The number of nitrogens with zero attached hydrogens (tertiary/aromatic N) is 2. The predicted molar refractivity (Wildman–Crippen MR) is 122 cm³/mol. The van der Waals surface area contributed by atoms with Crippen molar-refractivity contribution < 1.29 is 9.13 Å². The number of aromatic nitrogens is 1. The minimum atomic E-state index is -0.367. The van der Waals surface area contributed by atoms with Gasteiger partial charge in [-0.3, -0.25) is 9.69 Å². The second kappa shape index (κ2) is 10.4. The highest BCUT2D eigenvalue weighted by Gasteiger charge is 2.13. The minimum Gasteiger partial charge on any atom is -0.379 e. The van der Waals surface area contributed by atoms with E-state index in [1.165, 1.54) is 12.1 Å². The Kier molecular flexibility index (Phi) is 7.35. The van der Waals surface area contributed by atoms with Gasteiger partial charge in [0.15, 0.2) is 0 Å². The standard InChI is InChI=1S/C24H27ClFN3O2/c25-22-5-2-1-4-19(22)17-29-23-15-21(26)7-6-18(23)14-20(24(29)30)16-27-8-3-9-28-10-12-31-13-11-28/h1-2,4-7,14-15,27H,3,8-13,16-17H2. The Morgan fingerprint density at radius 2 is 1.87 bits per heavy atom. The lowest BCUT2D eigenvalue weighted by molar-refractivity contribution is 0.0374. The Labute approximate surface area is 186 Å². The second-order valence-electron chi connectivity index (χ2n) is 7.84. The van der Waals surface area contributed by atoms with Gasteiger partial charge in [0.1, 0.15) is 5.82 Å². The van der Waals surface area contributed by atoms with E-state index < -0.39 is 0 Å². The molecule has 0 spiro atoms. The zero-order valence-electron chi connectivity index (χ0n) is 17.4. The molecule has 31 heavy (non-hydrogen) atoms. The van der Waals surface area contributed by atoms with Gasteiger partial charge in [-0.2, -0.15) is 0 Å². The quantitative estimate of drug-likeness (QED) is 0.540. The number of ether oxygens (including phenoxy) is 1. The highest BCUT2D eigenvalue weighted by atomic mass is 35.5. The lowest BCUT2D eigenvalue weighted by Crippen LogP contribution is -2.37. The molecule has 1 aliphatic heterocycles. The summed E-state index contributed by atoms with van der Waals surface area (Å²) in [6.45, 7) is 6.17. The van der Waals surface area contributed by atoms with Gasteiger partial charge < -0.3 is 14.6 Å². The zero-order valence-corrected chi connectivity index (χ0v) is 18.2. The average molecular weight is 444 g/mol. The Bertz CT molecular complexity index is 1100. The molecule has 2 aromatic carbocycles. The summed E-state index contributed by atoms with van der Waals surface area (Å²) in [7, 11) is 0. The fourth-order valence-corrected chi connectivity index (χ4v) is 4.16. The van der Waals surface area contributed by atoms with E-state index in [1.54, 1.807) is 16.7 Å². The van der Waals surface area contributed by atoms with E-state index in [9.17, 15) is 9.18 Å². The van der Waals surface area contributed by atoms with Crippen LogP contribution in [-0.2, 0) is 17.8 Å². The Hall–Kier alpha value is -2.25. The van der Waals surface area contributed by atoms with Crippen LogP contribution in [0.15, 0.2) is 53.3 Å². The molecule has 5 nitrogen and oxygen atoms in total. The average Bonchev–Trinajstić information content (AvgIpc) is 2.78. The van der Waals surface area contributed by atoms with Gasteiger partial charge in [0, 0.05) is 30.2 Å². The molecule has 0 atom stereocenters. The summed E-state index contributed by atoms with van der Waals surface area (Å²) in [5, 5.41) is 4.81. The first kappa shape index (κ1) is 22.0. The molecule has 0 saturated carbocycles. The van der Waals surface area contributed by atoms with Crippen molar-refractivity contribution in [1.82, 2.24) is 14.8 Å². The van der Waals surface area contributed by atoms with Crippen molar-refractivity contribution in [2.45, 2.75) is 19.5 Å². The van der Waals surface area contributed by atoms with Gasteiger partial charge in [0.2, 0.25) is 0 Å².